The normalized spacial score (nSPS) is 10.5. The smallest absolute Gasteiger partial charge is 0.358 e. The van der Waals surface area contributed by atoms with Crippen molar-refractivity contribution in [1.82, 2.24) is 15.0 Å². The first-order valence-corrected chi connectivity index (χ1v) is 5.06. The first kappa shape index (κ1) is 11.3. The lowest BCUT2D eigenvalue weighted by Gasteiger charge is -1.96. The second-order valence-corrected chi connectivity index (χ2v) is 3.40. The Morgan fingerprint density at radius 2 is 2.00 bits per heavy atom. The van der Waals surface area contributed by atoms with Crippen molar-refractivity contribution in [2.75, 3.05) is 0 Å². The van der Waals surface area contributed by atoms with Gasteiger partial charge in [0.15, 0.2) is 5.69 Å². The summed E-state index contributed by atoms with van der Waals surface area (Å²) in [6, 6.07) is 5.47. The maximum Gasteiger partial charge on any atom is 0.358 e. The number of carbonyl (C=O) groups is 1. The third-order valence-electron chi connectivity index (χ3n) is 2.26. The second kappa shape index (κ2) is 4.32. The van der Waals surface area contributed by atoms with E-state index in [4.69, 9.17) is 5.11 Å². The average Bonchev–Trinajstić information content (AvgIpc) is 2.74. The highest BCUT2D eigenvalue weighted by atomic mass is 19.1. The van der Waals surface area contributed by atoms with Crippen molar-refractivity contribution >= 4 is 5.97 Å². The molecule has 1 aromatic carbocycles. The Balaban J connectivity index is 2.53. The zero-order chi connectivity index (χ0) is 12.4. The molecule has 0 unspecified atom stereocenters. The maximum absolute atomic E-state index is 12.8. The van der Waals surface area contributed by atoms with Crippen LogP contribution in [0.1, 0.15) is 17.4 Å². The maximum atomic E-state index is 12.8. The Hall–Kier alpha value is -2.24. The summed E-state index contributed by atoms with van der Waals surface area (Å²) in [6.45, 7) is 2.28. The molecule has 1 heterocycles. The third kappa shape index (κ3) is 2.15. The van der Waals surface area contributed by atoms with Crippen molar-refractivity contribution in [3.63, 3.8) is 0 Å². The number of nitrogens with zero attached hydrogens (tertiary/aromatic N) is 3. The van der Waals surface area contributed by atoms with E-state index >= 15 is 0 Å². The quantitative estimate of drug-likeness (QED) is 0.880. The minimum atomic E-state index is -1.15. The molecule has 0 aliphatic rings. The molecule has 0 saturated carbocycles. The van der Waals surface area contributed by atoms with Crippen LogP contribution in [0.2, 0.25) is 0 Å². The topological polar surface area (TPSA) is 68.0 Å². The van der Waals surface area contributed by atoms with Gasteiger partial charge < -0.3 is 5.11 Å². The fourth-order valence-corrected chi connectivity index (χ4v) is 1.44. The molecule has 0 fully saturated rings. The van der Waals surface area contributed by atoms with E-state index in [2.05, 4.69) is 10.2 Å². The molecule has 1 N–H and O–H groups in total. The number of benzene rings is 1. The molecular weight excluding hydrogens is 225 g/mol. The van der Waals surface area contributed by atoms with E-state index in [0.29, 0.717) is 12.1 Å². The largest absolute Gasteiger partial charge is 0.476 e. The predicted octanol–water partition coefficient (Wildman–Crippen LogP) is 1.80. The molecule has 88 valence electrons. The zero-order valence-electron chi connectivity index (χ0n) is 9.09. The van der Waals surface area contributed by atoms with Crippen LogP contribution in [0.25, 0.3) is 11.3 Å². The van der Waals surface area contributed by atoms with Gasteiger partial charge in [-0.25, -0.2) is 9.18 Å². The van der Waals surface area contributed by atoms with Crippen LogP contribution in [0.4, 0.5) is 4.39 Å². The summed E-state index contributed by atoms with van der Waals surface area (Å²) in [5, 5.41) is 16.9. The number of carboxylic acids is 1. The number of aromatic nitrogens is 3. The monoisotopic (exact) mass is 235 g/mol. The Morgan fingerprint density at radius 3 is 2.53 bits per heavy atom. The molecule has 17 heavy (non-hydrogen) atoms. The van der Waals surface area contributed by atoms with Gasteiger partial charge >= 0.3 is 5.97 Å². The van der Waals surface area contributed by atoms with Crippen LogP contribution in [-0.2, 0) is 6.54 Å². The zero-order valence-corrected chi connectivity index (χ0v) is 9.09. The van der Waals surface area contributed by atoms with Crippen molar-refractivity contribution in [3.8, 4) is 11.3 Å². The molecule has 0 spiro atoms. The molecule has 5 nitrogen and oxygen atoms in total. The van der Waals surface area contributed by atoms with Gasteiger partial charge in [-0.3, -0.25) is 0 Å². The van der Waals surface area contributed by atoms with Crippen LogP contribution >= 0.6 is 0 Å². The summed E-state index contributed by atoms with van der Waals surface area (Å²) in [6.07, 6.45) is 0. The highest BCUT2D eigenvalue weighted by Gasteiger charge is 2.18. The lowest BCUT2D eigenvalue weighted by molar-refractivity contribution is 0.0690. The van der Waals surface area contributed by atoms with E-state index in [9.17, 15) is 9.18 Å². The van der Waals surface area contributed by atoms with Crippen LogP contribution in [0.5, 0.6) is 0 Å². The van der Waals surface area contributed by atoms with Crippen molar-refractivity contribution in [3.05, 3.63) is 35.8 Å². The molecule has 0 radical (unpaired) electrons. The van der Waals surface area contributed by atoms with Gasteiger partial charge in [-0.15, -0.1) is 5.10 Å². The van der Waals surface area contributed by atoms with Crippen molar-refractivity contribution in [2.45, 2.75) is 13.5 Å². The summed E-state index contributed by atoms with van der Waals surface area (Å²) in [4.78, 5) is 12.3. The average molecular weight is 235 g/mol. The summed E-state index contributed by atoms with van der Waals surface area (Å²) in [5.41, 5.74) is 0.654. The van der Waals surface area contributed by atoms with Gasteiger partial charge in [-0.2, -0.15) is 9.90 Å². The first-order chi connectivity index (χ1) is 8.11. The van der Waals surface area contributed by atoms with Crippen LogP contribution in [-0.4, -0.2) is 26.1 Å². The van der Waals surface area contributed by atoms with Crippen LogP contribution in [0.15, 0.2) is 24.3 Å². The first-order valence-electron chi connectivity index (χ1n) is 5.06. The highest BCUT2D eigenvalue weighted by Crippen LogP contribution is 2.20. The fourth-order valence-electron chi connectivity index (χ4n) is 1.44. The fraction of sp³-hybridized carbons (Fsp3) is 0.182. The number of aromatic carboxylic acids is 1. The van der Waals surface area contributed by atoms with E-state index in [1.54, 1.807) is 6.92 Å². The Labute approximate surface area is 96.5 Å². The van der Waals surface area contributed by atoms with E-state index in [0.717, 1.165) is 0 Å². The Morgan fingerprint density at radius 1 is 1.35 bits per heavy atom. The summed E-state index contributed by atoms with van der Waals surface area (Å²) in [7, 11) is 0. The van der Waals surface area contributed by atoms with Gasteiger partial charge in [0.25, 0.3) is 0 Å². The van der Waals surface area contributed by atoms with E-state index in [1.807, 2.05) is 0 Å². The Bertz CT molecular complexity index is 548. The van der Waals surface area contributed by atoms with Gasteiger partial charge in [-0.05, 0) is 31.2 Å². The van der Waals surface area contributed by atoms with Gasteiger partial charge in [-0.1, -0.05) is 0 Å². The highest BCUT2D eigenvalue weighted by molar-refractivity contribution is 5.92. The van der Waals surface area contributed by atoms with Crippen LogP contribution in [0.3, 0.4) is 0 Å². The molecular formula is C11H10FN3O2. The van der Waals surface area contributed by atoms with Crippen LogP contribution < -0.4 is 0 Å². The molecule has 2 aromatic rings. The lowest BCUT2D eigenvalue weighted by atomic mass is 10.1. The number of carboxylic acid groups (broad SMARTS) is 1. The van der Waals surface area contributed by atoms with Gasteiger partial charge in [0.05, 0.1) is 6.54 Å². The molecule has 0 saturated heterocycles. The minimum absolute atomic E-state index is 0.126. The van der Waals surface area contributed by atoms with Gasteiger partial charge in [0, 0.05) is 5.56 Å². The third-order valence-corrected chi connectivity index (χ3v) is 2.26. The Kier molecular flexibility index (Phi) is 2.86. The van der Waals surface area contributed by atoms with E-state index < -0.39 is 5.97 Å². The molecule has 0 bridgehead atoms. The molecule has 0 aliphatic carbocycles. The van der Waals surface area contributed by atoms with Gasteiger partial charge in [0.1, 0.15) is 11.5 Å². The molecule has 0 aliphatic heterocycles. The second-order valence-electron chi connectivity index (χ2n) is 3.40. The minimum Gasteiger partial charge on any atom is -0.476 e. The number of aryl methyl sites for hydroxylation is 1. The number of hydrogen-bond donors (Lipinski definition) is 1. The van der Waals surface area contributed by atoms with E-state index in [1.165, 1.54) is 29.1 Å². The summed E-state index contributed by atoms with van der Waals surface area (Å²) < 4.78 is 12.8. The van der Waals surface area contributed by atoms with Crippen molar-refractivity contribution < 1.29 is 14.3 Å². The summed E-state index contributed by atoms with van der Waals surface area (Å²) >= 11 is 0. The van der Waals surface area contributed by atoms with E-state index in [-0.39, 0.29) is 17.2 Å². The molecule has 0 amide bonds. The van der Waals surface area contributed by atoms with Crippen molar-refractivity contribution in [2.24, 2.45) is 0 Å². The number of rotatable bonds is 3. The number of hydrogen-bond acceptors (Lipinski definition) is 3. The van der Waals surface area contributed by atoms with Crippen LogP contribution in [0, 0.1) is 5.82 Å². The SMILES string of the molecule is CCn1nc(C(=O)O)c(-c2ccc(F)cc2)n1. The predicted molar refractivity (Wildman–Crippen MR) is 58.0 cm³/mol. The standard InChI is InChI=1S/C11H10FN3O2/c1-2-15-13-9(10(14-15)11(16)17)7-3-5-8(12)6-4-7/h3-6H,2H2,1H3,(H,16,17). The summed E-state index contributed by atoms with van der Waals surface area (Å²) in [5.74, 6) is -1.53. The van der Waals surface area contributed by atoms with Gasteiger partial charge in [0.2, 0.25) is 0 Å². The molecule has 1 aromatic heterocycles. The number of halogens is 1. The molecule has 0 atom stereocenters. The van der Waals surface area contributed by atoms with Crippen molar-refractivity contribution in [1.29, 1.82) is 0 Å². The molecule has 2 rings (SSSR count). The molecule has 6 heteroatoms. The lowest BCUT2D eigenvalue weighted by Crippen LogP contribution is -2.02.